The molecule has 1 rings (SSSR count). The summed E-state index contributed by atoms with van der Waals surface area (Å²) < 4.78 is 29.9. The summed E-state index contributed by atoms with van der Waals surface area (Å²) >= 11 is 0. The minimum absolute atomic E-state index is 0.480. The predicted molar refractivity (Wildman–Crippen MR) is 60.7 cm³/mol. The van der Waals surface area contributed by atoms with Crippen molar-refractivity contribution in [3.05, 3.63) is 24.3 Å². The molecule has 0 unspecified atom stereocenters. The van der Waals surface area contributed by atoms with Crippen molar-refractivity contribution >= 4 is 15.7 Å². The summed E-state index contributed by atoms with van der Waals surface area (Å²) in [5.41, 5.74) is 0.480. The Labute approximate surface area is 90.3 Å². The van der Waals surface area contributed by atoms with Gasteiger partial charge in [-0.05, 0) is 18.6 Å². The lowest BCUT2D eigenvalue weighted by Gasteiger charge is -2.11. The third kappa shape index (κ3) is 4.20. The fraction of sp³-hybridized carbons (Fsp3) is 0.400. The molecule has 0 aliphatic heterocycles. The van der Waals surface area contributed by atoms with E-state index in [0.717, 1.165) is 12.7 Å². The zero-order valence-electron chi connectivity index (χ0n) is 8.86. The molecule has 0 aliphatic carbocycles. The number of nitrogens with one attached hydrogen (secondary N) is 1. The van der Waals surface area contributed by atoms with Crippen LogP contribution in [0.15, 0.2) is 24.3 Å². The van der Waals surface area contributed by atoms with E-state index >= 15 is 0 Å². The van der Waals surface area contributed by atoms with Crippen LogP contribution in [-0.2, 0) is 10.0 Å². The second kappa shape index (κ2) is 5.02. The summed E-state index contributed by atoms with van der Waals surface area (Å²) in [6, 6.07) is 6.97. The Balaban J connectivity index is 2.86. The SMILES string of the molecule is CCCOc1ccccc1NS(C)(=O)=O. The molecule has 1 aromatic rings. The van der Waals surface area contributed by atoms with Crippen LogP contribution >= 0.6 is 0 Å². The van der Waals surface area contributed by atoms with E-state index in [-0.39, 0.29) is 0 Å². The standard InChI is InChI=1S/C10H15NO3S/c1-3-8-14-10-7-5-4-6-9(10)11-15(2,12)13/h4-7,11H,3,8H2,1-2H3. The first-order valence-corrected chi connectivity index (χ1v) is 6.61. The quantitative estimate of drug-likeness (QED) is 0.838. The fourth-order valence-electron chi connectivity index (χ4n) is 1.09. The third-order valence-corrected chi connectivity index (χ3v) is 2.23. The van der Waals surface area contributed by atoms with Gasteiger partial charge in [0, 0.05) is 0 Å². The van der Waals surface area contributed by atoms with Crippen LogP contribution in [0.4, 0.5) is 5.69 Å². The molecule has 1 N–H and O–H groups in total. The molecule has 84 valence electrons. The molecule has 0 saturated heterocycles. The maximum Gasteiger partial charge on any atom is 0.229 e. The van der Waals surface area contributed by atoms with Gasteiger partial charge in [-0.3, -0.25) is 4.72 Å². The molecule has 0 bridgehead atoms. The molecule has 1 aromatic carbocycles. The van der Waals surface area contributed by atoms with Crippen molar-refractivity contribution in [2.45, 2.75) is 13.3 Å². The van der Waals surface area contributed by atoms with E-state index in [1.807, 2.05) is 6.92 Å². The lowest BCUT2D eigenvalue weighted by atomic mass is 10.3. The van der Waals surface area contributed by atoms with Crippen LogP contribution in [0.1, 0.15) is 13.3 Å². The highest BCUT2D eigenvalue weighted by Gasteiger charge is 2.06. The molecule has 0 aliphatic rings. The molecule has 0 aromatic heterocycles. The minimum atomic E-state index is -3.25. The Morgan fingerprint density at radius 2 is 2.00 bits per heavy atom. The third-order valence-electron chi connectivity index (χ3n) is 1.64. The van der Waals surface area contributed by atoms with Crippen molar-refractivity contribution < 1.29 is 13.2 Å². The van der Waals surface area contributed by atoms with E-state index in [0.29, 0.717) is 18.0 Å². The molecule has 0 amide bonds. The molecule has 0 saturated carbocycles. The number of sulfonamides is 1. The monoisotopic (exact) mass is 229 g/mol. The normalized spacial score (nSPS) is 11.1. The van der Waals surface area contributed by atoms with E-state index in [9.17, 15) is 8.42 Å². The Hall–Kier alpha value is -1.23. The number of ether oxygens (including phenoxy) is 1. The molecule has 0 atom stereocenters. The Kier molecular flexibility index (Phi) is 3.96. The van der Waals surface area contributed by atoms with Crippen LogP contribution in [0.5, 0.6) is 5.75 Å². The summed E-state index contributed by atoms with van der Waals surface area (Å²) in [7, 11) is -3.25. The van der Waals surface area contributed by atoms with Gasteiger partial charge in [-0.1, -0.05) is 19.1 Å². The van der Waals surface area contributed by atoms with Gasteiger partial charge in [0.15, 0.2) is 0 Å². The highest BCUT2D eigenvalue weighted by atomic mass is 32.2. The van der Waals surface area contributed by atoms with Gasteiger partial charge < -0.3 is 4.74 Å². The Morgan fingerprint density at radius 1 is 1.33 bits per heavy atom. The van der Waals surface area contributed by atoms with Crippen LogP contribution in [0.3, 0.4) is 0 Å². The lowest BCUT2D eigenvalue weighted by molar-refractivity contribution is 0.319. The smallest absolute Gasteiger partial charge is 0.229 e. The Morgan fingerprint density at radius 3 is 2.60 bits per heavy atom. The first kappa shape index (κ1) is 11.8. The van der Waals surface area contributed by atoms with Crippen molar-refractivity contribution in [2.24, 2.45) is 0 Å². The van der Waals surface area contributed by atoms with E-state index in [4.69, 9.17) is 4.74 Å². The van der Waals surface area contributed by atoms with Gasteiger partial charge >= 0.3 is 0 Å². The van der Waals surface area contributed by atoms with Crippen LogP contribution in [-0.4, -0.2) is 21.3 Å². The zero-order chi connectivity index (χ0) is 11.3. The van der Waals surface area contributed by atoms with Crippen molar-refractivity contribution in [3.8, 4) is 5.75 Å². The summed E-state index contributed by atoms with van der Waals surface area (Å²) in [6.45, 7) is 2.56. The topological polar surface area (TPSA) is 55.4 Å². The molecule has 0 spiro atoms. The van der Waals surface area contributed by atoms with Gasteiger partial charge in [0.25, 0.3) is 0 Å². The van der Waals surface area contributed by atoms with E-state index in [1.165, 1.54) is 0 Å². The highest BCUT2D eigenvalue weighted by molar-refractivity contribution is 7.92. The summed E-state index contributed by atoms with van der Waals surface area (Å²) in [4.78, 5) is 0. The van der Waals surface area contributed by atoms with E-state index in [2.05, 4.69) is 4.72 Å². The zero-order valence-corrected chi connectivity index (χ0v) is 9.67. The highest BCUT2D eigenvalue weighted by Crippen LogP contribution is 2.24. The molecular weight excluding hydrogens is 214 g/mol. The van der Waals surface area contributed by atoms with Crippen molar-refractivity contribution in [3.63, 3.8) is 0 Å². The number of hydrogen-bond donors (Lipinski definition) is 1. The summed E-state index contributed by atoms with van der Waals surface area (Å²) in [6.07, 6.45) is 2.00. The second-order valence-electron chi connectivity index (χ2n) is 3.22. The van der Waals surface area contributed by atoms with Gasteiger partial charge in [-0.2, -0.15) is 0 Å². The number of hydrogen-bond acceptors (Lipinski definition) is 3. The number of benzene rings is 1. The first-order valence-electron chi connectivity index (χ1n) is 4.72. The maximum atomic E-state index is 11.1. The Bertz CT molecular complexity index is 414. The van der Waals surface area contributed by atoms with Crippen molar-refractivity contribution in [1.82, 2.24) is 0 Å². The molecule has 0 radical (unpaired) electrons. The average molecular weight is 229 g/mol. The van der Waals surface area contributed by atoms with Crippen LogP contribution in [0.2, 0.25) is 0 Å². The van der Waals surface area contributed by atoms with E-state index in [1.54, 1.807) is 24.3 Å². The molecule has 0 fully saturated rings. The average Bonchev–Trinajstić information content (AvgIpc) is 2.14. The molecule has 0 heterocycles. The van der Waals surface area contributed by atoms with Gasteiger partial charge in [0.05, 0.1) is 18.6 Å². The molecule has 5 heteroatoms. The number of rotatable bonds is 5. The molecule has 15 heavy (non-hydrogen) atoms. The lowest BCUT2D eigenvalue weighted by Crippen LogP contribution is -2.11. The fourth-order valence-corrected chi connectivity index (χ4v) is 1.66. The van der Waals surface area contributed by atoms with Gasteiger partial charge in [-0.15, -0.1) is 0 Å². The van der Waals surface area contributed by atoms with Crippen LogP contribution < -0.4 is 9.46 Å². The van der Waals surface area contributed by atoms with Gasteiger partial charge in [0.2, 0.25) is 10.0 Å². The minimum Gasteiger partial charge on any atom is -0.491 e. The van der Waals surface area contributed by atoms with E-state index < -0.39 is 10.0 Å². The summed E-state index contributed by atoms with van der Waals surface area (Å²) in [5.74, 6) is 0.560. The molecular formula is C10H15NO3S. The molecule has 4 nitrogen and oxygen atoms in total. The van der Waals surface area contributed by atoms with Crippen LogP contribution in [0, 0.1) is 0 Å². The van der Waals surface area contributed by atoms with Crippen molar-refractivity contribution in [2.75, 3.05) is 17.6 Å². The largest absolute Gasteiger partial charge is 0.491 e. The number of anilines is 1. The second-order valence-corrected chi connectivity index (χ2v) is 4.97. The summed E-state index contributed by atoms with van der Waals surface area (Å²) in [5, 5.41) is 0. The van der Waals surface area contributed by atoms with Gasteiger partial charge in [-0.25, -0.2) is 8.42 Å². The van der Waals surface area contributed by atoms with Crippen molar-refractivity contribution in [1.29, 1.82) is 0 Å². The number of para-hydroxylation sites is 2. The predicted octanol–water partition coefficient (Wildman–Crippen LogP) is 1.85. The maximum absolute atomic E-state index is 11.1. The van der Waals surface area contributed by atoms with Gasteiger partial charge in [0.1, 0.15) is 5.75 Å². The first-order chi connectivity index (χ1) is 7.03. The van der Waals surface area contributed by atoms with Crippen LogP contribution in [0.25, 0.3) is 0 Å².